The summed E-state index contributed by atoms with van der Waals surface area (Å²) in [6.07, 6.45) is 2.95. The fourth-order valence-electron chi connectivity index (χ4n) is 4.90. The van der Waals surface area contributed by atoms with Gasteiger partial charge in [0.05, 0.1) is 5.60 Å². The van der Waals surface area contributed by atoms with E-state index in [1.165, 1.54) is 43.6 Å². The van der Waals surface area contributed by atoms with Gasteiger partial charge in [0.15, 0.2) is 0 Å². The number of aliphatic hydroxyl groups is 1. The lowest BCUT2D eigenvalue weighted by atomic mass is 9.91. The quantitative estimate of drug-likeness (QED) is 0.332. The van der Waals surface area contributed by atoms with Gasteiger partial charge >= 0.3 is 0 Å². The summed E-state index contributed by atoms with van der Waals surface area (Å²) in [5.74, 6) is 0. The first kappa shape index (κ1) is 20.7. The second-order valence-corrected chi connectivity index (χ2v) is 9.37. The van der Waals surface area contributed by atoms with Crippen LogP contribution in [0.1, 0.15) is 25.0 Å². The third kappa shape index (κ3) is 3.79. The lowest BCUT2D eigenvalue weighted by Crippen LogP contribution is -2.47. The van der Waals surface area contributed by atoms with Crippen molar-refractivity contribution in [1.82, 2.24) is 9.88 Å². The lowest BCUT2D eigenvalue weighted by Gasteiger charge is -2.31. The zero-order valence-corrected chi connectivity index (χ0v) is 19.0. The number of fused-ring (bicyclic) bond motifs is 3. The molecule has 0 spiro atoms. The molecular weight excluding hydrogens is 392 g/mol. The molecule has 0 fully saturated rings. The maximum Gasteiger partial charge on any atom is 0.0747 e. The van der Waals surface area contributed by atoms with Crippen molar-refractivity contribution in [2.75, 3.05) is 0 Å². The Morgan fingerprint density at radius 3 is 2.03 bits per heavy atom. The van der Waals surface area contributed by atoms with Crippen molar-refractivity contribution in [2.24, 2.45) is 7.05 Å². The topological polar surface area (TPSA) is 37.2 Å². The first-order valence-electron chi connectivity index (χ1n) is 11.3. The highest BCUT2D eigenvalue weighted by atomic mass is 16.3. The molecule has 3 heteroatoms. The van der Waals surface area contributed by atoms with Crippen LogP contribution < -0.4 is 5.32 Å². The molecule has 0 unspecified atom stereocenters. The summed E-state index contributed by atoms with van der Waals surface area (Å²) in [6.45, 7) is 4.50. The molecule has 0 radical (unpaired) electrons. The Balaban J connectivity index is 1.51. The predicted octanol–water partition coefficient (Wildman–Crippen LogP) is 5.96. The van der Waals surface area contributed by atoms with Gasteiger partial charge in [-0.25, -0.2) is 0 Å². The van der Waals surface area contributed by atoms with E-state index in [1.807, 2.05) is 13.8 Å². The molecule has 3 nitrogen and oxygen atoms in total. The van der Waals surface area contributed by atoms with E-state index in [2.05, 4.69) is 102 Å². The van der Waals surface area contributed by atoms with Crippen molar-refractivity contribution in [3.8, 4) is 0 Å². The fourth-order valence-corrected chi connectivity index (χ4v) is 4.90. The molecular formula is C29H30N2O. The van der Waals surface area contributed by atoms with E-state index in [0.29, 0.717) is 6.54 Å². The number of aromatic nitrogens is 1. The zero-order valence-electron chi connectivity index (χ0n) is 19.0. The third-order valence-corrected chi connectivity index (χ3v) is 6.66. The van der Waals surface area contributed by atoms with Crippen molar-refractivity contribution in [1.29, 1.82) is 0 Å². The van der Waals surface area contributed by atoms with Crippen LogP contribution in [0.25, 0.3) is 32.4 Å². The molecule has 4 aromatic carbocycles. The van der Waals surface area contributed by atoms with Gasteiger partial charge in [-0.05, 0) is 65.1 Å². The molecule has 2 N–H and O–H groups in total. The molecule has 162 valence electrons. The van der Waals surface area contributed by atoms with Crippen LogP contribution in [-0.4, -0.2) is 21.3 Å². The average molecular weight is 423 g/mol. The van der Waals surface area contributed by atoms with Crippen LogP contribution in [0.5, 0.6) is 0 Å². The Bertz CT molecular complexity index is 1350. The maximum atomic E-state index is 11.1. The van der Waals surface area contributed by atoms with E-state index in [4.69, 9.17) is 0 Å². The standard InChI is InChI=1S/C29H30N2O/c1-29(2,32)28(17-22-19-31(3)27-15-9-8-14-25(22)27)30-18-26-23-12-6-4-10-20(23)16-21-11-5-7-13-24(21)26/h4-16,19,28,30,32H,17-18H2,1-3H3/t28-/m0/s1. The van der Waals surface area contributed by atoms with E-state index >= 15 is 0 Å². The fraction of sp³-hybridized carbons (Fsp3) is 0.241. The Labute approximate surface area is 189 Å². The molecule has 0 aliphatic rings. The van der Waals surface area contributed by atoms with E-state index in [0.717, 1.165) is 6.42 Å². The number of aryl methyl sites for hydroxylation is 1. The number of rotatable bonds is 6. The van der Waals surface area contributed by atoms with Crippen LogP contribution in [0.2, 0.25) is 0 Å². The van der Waals surface area contributed by atoms with E-state index < -0.39 is 5.60 Å². The average Bonchev–Trinajstić information content (AvgIpc) is 3.10. The van der Waals surface area contributed by atoms with Crippen molar-refractivity contribution >= 4 is 32.4 Å². The largest absolute Gasteiger partial charge is 0.389 e. The normalized spacial score (nSPS) is 13.2. The molecule has 0 bridgehead atoms. The van der Waals surface area contributed by atoms with Gasteiger partial charge in [-0.1, -0.05) is 66.7 Å². The van der Waals surface area contributed by atoms with Crippen LogP contribution >= 0.6 is 0 Å². The van der Waals surface area contributed by atoms with Gasteiger partial charge in [0.25, 0.3) is 0 Å². The highest BCUT2D eigenvalue weighted by Gasteiger charge is 2.28. The van der Waals surface area contributed by atoms with E-state index in [9.17, 15) is 5.11 Å². The zero-order chi connectivity index (χ0) is 22.3. The first-order chi connectivity index (χ1) is 15.4. The molecule has 1 aromatic heterocycles. The minimum atomic E-state index is -0.864. The number of hydrogen-bond acceptors (Lipinski definition) is 2. The summed E-state index contributed by atoms with van der Waals surface area (Å²) in [4.78, 5) is 0. The minimum absolute atomic E-state index is 0.0916. The van der Waals surface area contributed by atoms with Crippen LogP contribution in [0, 0.1) is 0 Å². The molecule has 5 rings (SSSR count). The van der Waals surface area contributed by atoms with Gasteiger partial charge in [0.1, 0.15) is 0 Å². The van der Waals surface area contributed by atoms with Gasteiger partial charge in [-0.15, -0.1) is 0 Å². The summed E-state index contributed by atoms with van der Waals surface area (Å²) in [5, 5.41) is 21.0. The molecule has 1 atom stereocenters. The monoisotopic (exact) mass is 422 g/mol. The summed E-state index contributed by atoms with van der Waals surface area (Å²) in [5.41, 5.74) is 2.89. The molecule has 32 heavy (non-hydrogen) atoms. The van der Waals surface area contributed by atoms with E-state index in [1.54, 1.807) is 0 Å². The lowest BCUT2D eigenvalue weighted by molar-refractivity contribution is 0.0371. The molecule has 0 saturated carbocycles. The number of para-hydroxylation sites is 1. The van der Waals surface area contributed by atoms with Crippen LogP contribution in [0.4, 0.5) is 0 Å². The SMILES string of the molecule is Cn1cc(C[C@H](NCc2c3ccccc3cc3ccccc23)C(C)(C)O)c2ccccc21. The highest BCUT2D eigenvalue weighted by molar-refractivity contribution is 6.02. The number of nitrogens with one attached hydrogen (secondary N) is 1. The smallest absolute Gasteiger partial charge is 0.0747 e. The Morgan fingerprint density at radius 1 is 0.844 bits per heavy atom. The molecule has 0 amide bonds. The van der Waals surface area contributed by atoms with Crippen molar-refractivity contribution < 1.29 is 5.11 Å². The molecule has 0 aliphatic carbocycles. The summed E-state index contributed by atoms with van der Waals surface area (Å²) in [7, 11) is 2.08. The first-order valence-corrected chi connectivity index (χ1v) is 11.3. The second-order valence-electron chi connectivity index (χ2n) is 9.37. The summed E-state index contributed by atoms with van der Waals surface area (Å²) in [6, 6.07) is 27.8. The van der Waals surface area contributed by atoms with Crippen molar-refractivity contribution in [3.63, 3.8) is 0 Å². The van der Waals surface area contributed by atoms with Crippen LogP contribution in [-0.2, 0) is 20.0 Å². The van der Waals surface area contributed by atoms with Gasteiger partial charge in [-0.3, -0.25) is 0 Å². The summed E-state index contributed by atoms with van der Waals surface area (Å²) >= 11 is 0. The highest BCUT2D eigenvalue weighted by Crippen LogP contribution is 2.29. The number of benzene rings is 4. The Kier molecular flexibility index (Phi) is 5.24. The summed E-state index contributed by atoms with van der Waals surface area (Å²) < 4.78 is 2.17. The van der Waals surface area contributed by atoms with Crippen LogP contribution in [0.15, 0.2) is 85.1 Å². The third-order valence-electron chi connectivity index (χ3n) is 6.66. The van der Waals surface area contributed by atoms with Gasteiger partial charge in [0.2, 0.25) is 0 Å². The Hall–Kier alpha value is -3.14. The van der Waals surface area contributed by atoms with Crippen molar-refractivity contribution in [2.45, 2.75) is 38.5 Å². The molecule has 5 aromatic rings. The van der Waals surface area contributed by atoms with E-state index in [-0.39, 0.29) is 6.04 Å². The van der Waals surface area contributed by atoms with Crippen molar-refractivity contribution in [3.05, 3.63) is 96.2 Å². The second kappa shape index (κ2) is 8.09. The van der Waals surface area contributed by atoms with Gasteiger partial charge in [0, 0.05) is 36.7 Å². The molecule has 1 heterocycles. The molecule has 0 aliphatic heterocycles. The minimum Gasteiger partial charge on any atom is -0.389 e. The Morgan fingerprint density at radius 2 is 1.41 bits per heavy atom. The van der Waals surface area contributed by atoms with Crippen LogP contribution in [0.3, 0.4) is 0 Å². The number of nitrogens with zero attached hydrogens (tertiary/aromatic N) is 1. The van der Waals surface area contributed by atoms with Gasteiger partial charge < -0.3 is 15.0 Å². The predicted molar refractivity (Wildman–Crippen MR) is 135 cm³/mol. The maximum absolute atomic E-state index is 11.1. The van der Waals surface area contributed by atoms with Gasteiger partial charge in [-0.2, -0.15) is 0 Å². The molecule has 0 saturated heterocycles. The number of hydrogen-bond donors (Lipinski definition) is 2.